The maximum atomic E-state index is 2.60. The Morgan fingerprint density at radius 3 is 1.51 bits per heavy atom. The van der Waals surface area contributed by atoms with Crippen LogP contribution in [-0.2, 0) is 0 Å². The highest BCUT2D eigenvalue weighted by Gasteiger charge is 2.39. The summed E-state index contributed by atoms with van der Waals surface area (Å²) in [5.41, 5.74) is 11.4. The highest BCUT2D eigenvalue weighted by atomic mass is 15.2. The average molecular weight is 578 g/mol. The van der Waals surface area contributed by atoms with Crippen LogP contribution in [0, 0.1) is 5.92 Å². The van der Waals surface area contributed by atoms with Gasteiger partial charge in [0, 0.05) is 38.8 Å². The standard InChI is InChI=1S/C42H31N3/c1-7-19-37-31(13-1)32-14-2-8-20-38(32)43(37)28-25-29(44-39-21-9-3-15-33(39)34-16-4-10-22-40(34)44)27-30(26-28)45-41-23-11-5-17-35(41)36-18-6-12-24-42(36)45/h1-5,7-17,19-27,35,41H,6,18H2. The Balaban J connectivity index is 1.31. The van der Waals surface area contributed by atoms with E-state index < -0.39 is 0 Å². The van der Waals surface area contributed by atoms with Gasteiger partial charge in [0.2, 0.25) is 0 Å². The van der Waals surface area contributed by atoms with E-state index in [2.05, 4.69) is 166 Å². The summed E-state index contributed by atoms with van der Waals surface area (Å²) in [7, 11) is 0. The summed E-state index contributed by atoms with van der Waals surface area (Å²) in [6, 6.07) is 42.7. The van der Waals surface area contributed by atoms with E-state index in [0.29, 0.717) is 5.92 Å². The van der Waals surface area contributed by atoms with Crippen molar-refractivity contribution in [3.05, 3.63) is 163 Å². The van der Waals surface area contributed by atoms with E-state index in [1.165, 1.54) is 66.4 Å². The lowest BCUT2D eigenvalue weighted by Crippen LogP contribution is -2.32. The third-order valence-electron chi connectivity index (χ3n) is 10.1. The van der Waals surface area contributed by atoms with Crippen molar-refractivity contribution in [3.8, 4) is 11.4 Å². The van der Waals surface area contributed by atoms with Gasteiger partial charge in [0.15, 0.2) is 0 Å². The highest BCUT2D eigenvalue weighted by molar-refractivity contribution is 6.10. The summed E-state index contributed by atoms with van der Waals surface area (Å²) in [4.78, 5) is 2.60. The number of allylic oxidation sites excluding steroid dienone is 4. The molecule has 2 aliphatic carbocycles. The minimum absolute atomic E-state index is 0.266. The van der Waals surface area contributed by atoms with Gasteiger partial charge >= 0.3 is 0 Å². The Morgan fingerprint density at radius 1 is 0.511 bits per heavy atom. The molecule has 3 heteroatoms. The molecule has 0 N–H and O–H groups in total. The molecule has 0 radical (unpaired) electrons. The van der Waals surface area contributed by atoms with Crippen LogP contribution in [0.4, 0.5) is 5.69 Å². The minimum atomic E-state index is 0.266. The van der Waals surface area contributed by atoms with E-state index in [1.54, 1.807) is 5.57 Å². The van der Waals surface area contributed by atoms with Crippen molar-refractivity contribution in [3.63, 3.8) is 0 Å². The Kier molecular flexibility index (Phi) is 5.23. The quantitative estimate of drug-likeness (QED) is 0.204. The maximum absolute atomic E-state index is 2.60. The van der Waals surface area contributed by atoms with Crippen molar-refractivity contribution in [1.82, 2.24) is 9.13 Å². The van der Waals surface area contributed by atoms with Gasteiger partial charge in [0.1, 0.15) is 0 Å². The van der Waals surface area contributed by atoms with Crippen LogP contribution in [0.1, 0.15) is 12.8 Å². The minimum Gasteiger partial charge on any atom is -0.333 e. The topological polar surface area (TPSA) is 13.1 Å². The zero-order valence-electron chi connectivity index (χ0n) is 24.8. The molecule has 2 aromatic heterocycles. The largest absolute Gasteiger partial charge is 0.333 e. The average Bonchev–Trinajstić information content (AvgIpc) is 3.74. The summed E-state index contributed by atoms with van der Waals surface area (Å²) in [5, 5.41) is 5.11. The van der Waals surface area contributed by atoms with Crippen molar-refractivity contribution in [2.45, 2.75) is 18.9 Å². The summed E-state index contributed by atoms with van der Waals surface area (Å²) in [5.74, 6) is 0.406. The van der Waals surface area contributed by atoms with E-state index in [9.17, 15) is 0 Å². The summed E-state index contributed by atoms with van der Waals surface area (Å²) < 4.78 is 4.92. The van der Waals surface area contributed by atoms with Crippen molar-refractivity contribution in [1.29, 1.82) is 0 Å². The van der Waals surface area contributed by atoms with Crippen molar-refractivity contribution in [2.75, 3.05) is 4.90 Å². The third-order valence-corrected chi connectivity index (χ3v) is 10.1. The summed E-state index contributed by atoms with van der Waals surface area (Å²) >= 11 is 0. The molecule has 45 heavy (non-hydrogen) atoms. The van der Waals surface area contributed by atoms with Crippen LogP contribution in [0.3, 0.4) is 0 Å². The van der Waals surface area contributed by atoms with Crippen molar-refractivity contribution < 1.29 is 0 Å². The second-order valence-corrected chi connectivity index (χ2v) is 12.5. The van der Waals surface area contributed by atoms with Gasteiger partial charge in [-0.25, -0.2) is 0 Å². The Morgan fingerprint density at radius 2 is 0.978 bits per heavy atom. The highest BCUT2D eigenvalue weighted by Crippen LogP contribution is 2.46. The van der Waals surface area contributed by atoms with Gasteiger partial charge in [-0.2, -0.15) is 0 Å². The fourth-order valence-corrected chi connectivity index (χ4v) is 8.26. The van der Waals surface area contributed by atoms with Crippen LogP contribution >= 0.6 is 0 Å². The zero-order chi connectivity index (χ0) is 29.5. The summed E-state index contributed by atoms with van der Waals surface area (Å²) in [6.45, 7) is 0. The molecule has 7 aromatic rings. The first-order valence-electron chi connectivity index (χ1n) is 16.0. The van der Waals surface area contributed by atoms with Crippen LogP contribution in [0.2, 0.25) is 0 Å². The predicted molar refractivity (Wildman–Crippen MR) is 189 cm³/mol. The molecule has 0 bridgehead atoms. The van der Waals surface area contributed by atoms with Crippen LogP contribution < -0.4 is 4.90 Å². The molecule has 5 aromatic carbocycles. The third kappa shape index (κ3) is 3.52. The Bertz CT molecular complexity index is 2220. The molecule has 0 amide bonds. The number of anilines is 1. The molecule has 3 heterocycles. The van der Waals surface area contributed by atoms with E-state index >= 15 is 0 Å². The molecule has 2 atom stereocenters. The normalized spacial score (nSPS) is 19.0. The number of benzene rings is 5. The van der Waals surface area contributed by atoms with Gasteiger partial charge in [-0.15, -0.1) is 0 Å². The lowest BCUT2D eigenvalue weighted by molar-refractivity contribution is 0.658. The SMILES string of the molecule is C1=CC2C3=C(C=CCC3)N(c3cc(-n4c5ccccc5c5ccccc54)cc(-n4c5ccccc5c5ccccc54)c3)C2C=C1. The summed E-state index contributed by atoms with van der Waals surface area (Å²) in [6.07, 6.45) is 16.2. The molecule has 0 fully saturated rings. The lowest BCUT2D eigenvalue weighted by Gasteiger charge is -2.31. The molecule has 2 unspecified atom stereocenters. The Labute approximate surface area is 261 Å². The molecule has 0 saturated heterocycles. The first-order chi connectivity index (χ1) is 22.3. The first kappa shape index (κ1) is 24.9. The number of para-hydroxylation sites is 4. The molecule has 3 aliphatic rings. The van der Waals surface area contributed by atoms with Crippen molar-refractivity contribution >= 4 is 49.3 Å². The first-order valence-corrected chi connectivity index (χ1v) is 16.0. The number of rotatable bonds is 3. The molecule has 0 saturated carbocycles. The van der Waals surface area contributed by atoms with E-state index in [4.69, 9.17) is 0 Å². The molecular formula is C42H31N3. The number of nitrogens with zero attached hydrogens (tertiary/aromatic N) is 3. The second kappa shape index (κ2) is 9.48. The van der Waals surface area contributed by atoms with Crippen LogP contribution in [-0.4, -0.2) is 15.2 Å². The van der Waals surface area contributed by atoms with Crippen LogP contribution in [0.25, 0.3) is 55.0 Å². The van der Waals surface area contributed by atoms with Crippen LogP contribution in [0.15, 0.2) is 163 Å². The molecule has 3 nitrogen and oxygen atoms in total. The van der Waals surface area contributed by atoms with Crippen LogP contribution in [0.5, 0.6) is 0 Å². The number of hydrogen-bond acceptors (Lipinski definition) is 1. The monoisotopic (exact) mass is 577 g/mol. The van der Waals surface area contributed by atoms with E-state index in [-0.39, 0.29) is 6.04 Å². The van der Waals surface area contributed by atoms with Gasteiger partial charge in [0.25, 0.3) is 0 Å². The van der Waals surface area contributed by atoms with Gasteiger partial charge in [-0.1, -0.05) is 103 Å². The fourth-order valence-electron chi connectivity index (χ4n) is 8.26. The second-order valence-electron chi connectivity index (χ2n) is 12.5. The number of fused-ring (bicyclic) bond motifs is 8. The van der Waals surface area contributed by atoms with Crippen molar-refractivity contribution in [2.24, 2.45) is 5.92 Å². The molecule has 214 valence electrons. The molecule has 0 spiro atoms. The molecular weight excluding hydrogens is 546 g/mol. The number of aromatic nitrogens is 2. The van der Waals surface area contributed by atoms with Gasteiger partial charge in [-0.3, -0.25) is 0 Å². The van der Waals surface area contributed by atoms with E-state index in [0.717, 1.165) is 12.8 Å². The Hall–Kier alpha value is -5.54. The lowest BCUT2D eigenvalue weighted by atomic mass is 9.87. The van der Waals surface area contributed by atoms with Gasteiger partial charge in [-0.05, 0) is 67.0 Å². The predicted octanol–water partition coefficient (Wildman–Crippen LogP) is 10.4. The van der Waals surface area contributed by atoms with Gasteiger partial charge in [0.05, 0.1) is 39.5 Å². The maximum Gasteiger partial charge on any atom is 0.0626 e. The van der Waals surface area contributed by atoms with Gasteiger partial charge < -0.3 is 14.0 Å². The molecule has 10 rings (SSSR count). The fraction of sp³-hybridized carbons (Fsp3) is 0.0952. The number of hydrogen-bond donors (Lipinski definition) is 0. The zero-order valence-corrected chi connectivity index (χ0v) is 24.8. The smallest absolute Gasteiger partial charge is 0.0626 e. The molecule has 1 aliphatic heterocycles. The van der Waals surface area contributed by atoms with E-state index in [1.807, 2.05) is 0 Å².